The highest BCUT2D eigenvalue weighted by atomic mass is 35.5. The van der Waals surface area contributed by atoms with Crippen LogP contribution in [0, 0.1) is 11.7 Å². The first kappa shape index (κ1) is 15.9. The number of hydrogen-bond acceptors (Lipinski definition) is 3. The molecule has 0 fully saturated rings. The van der Waals surface area contributed by atoms with Crippen molar-refractivity contribution in [2.75, 3.05) is 0 Å². The number of carboxylic acids is 1. The molecule has 0 aliphatic rings. The van der Waals surface area contributed by atoms with Crippen LogP contribution in [0.1, 0.15) is 13.8 Å². The Morgan fingerprint density at radius 3 is 2.42 bits per heavy atom. The Balaban J connectivity index is 3.22. The normalized spacial score (nSPS) is 13.5. The molecule has 1 aromatic carbocycles. The Kier molecular flexibility index (Phi) is 4.89. The third kappa shape index (κ3) is 3.65. The fourth-order valence-electron chi connectivity index (χ4n) is 1.44. The number of carbonyl (C=O) groups is 1. The van der Waals surface area contributed by atoms with Crippen molar-refractivity contribution in [1.29, 1.82) is 0 Å². The van der Waals surface area contributed by atoms with Crippen LogP contribution in [-0.2, 0) is 14.8 Å². The molecule has 106 valence electrons. The number of halogens is 2. The lowest BCUT2D eigenvalue weighted by atomic mass is 10.1. The van der Waals surface area contributed by atoms with Crippen LogP contribution < -0.4 is 4.72 Å². The van der Waals surface area contributed by atoms with Gasteiger partial charge in [-0.2, -0.15) is 4.72 Å². The van der Waals surface area contributed by atoms with E-state index in [4.69, 9.17) is 16.7 Å². The van der Waals surface area contributed by atoms with Gasteiger partial charge in [0.25, 0.3) is 0 Å². The van der Waals surface area contributed by atoms with E-state index in [-0.39, 0.29) is 5.02 Å². The van der Waals surface area contributed by atoms with Crippen LogP contribution in [0.3, 0.4) is 0 Å². The van der Waals surface area contributed by atoms with E-state index in [2.05, 4.69) is 0 Å². The zero-order valence-electron chi connectivity index (χ0n) is 10.2. The summed E-state index contributed by atoms with van der Waals surface area (Å²) in [6.07, 6.45) is 0. The summed E-state index contributed by atoms with van der Waals surface area (Å²) in [5.41, 5.74) is 0. The van der Waals surface area contributed by atoms with Gasteiger partial charge in [-0.1, -0.05) is 31.5 Å². The molecular weight excluding hydrogens is 297 g/mol. The number of nitrogens with one attached hydrogen (secondary N) is 1. The summed E-state index contributed by atoms with van der Waals surface area (Å²) in [4.78, 5) is 10.2. The average Bonchev–Trinajstić information content (AvgIpc) is 2.24. The van der Waals surface area contributed by atoms with E-state index in [1.54, 1.807) is 0 Å². The van der Waals surface area contributed by atoms with Crippen molar-refractivity contribution in [2.24, 2.45) is 5.92 Å². The van der Waals surface area contributed by atoms with Crippen molar-refractivity contribution >= 4 is 27.6 Å². The highest BCUT2D eigenvalue weighted by molar-refractivity contribution is 7.89. The predicted octanol–water partition coefficient (Wildman–Crippen LogP) is 1.87. The van der Waals surface area contributed by atoms with Crippen LogP contribution in [0.4, 0.5) is 4.39 Å². The topological polar surface area (TPSA) is 83.5 Å². The number of hydrogen-bond donors (Lipinski definition) is 2. The first-order chi connectivity index (χ1) is 8.66. The van der Waals surface area contributed by atoms with Gasteiger partial charge < -0.3 is 5.11 Å². The minimum absolute atomic E-state index is 0.305. The maximum Gasteiger partial charge on any atom is 0.322 e. The van der Waals surface area contributed by atoms with E-state index in [1.165, 1.54) is 26.0 Å². The summed E-state index contributed by atoms with van der Waals surface area (Å²) in [6.45, 7) is 3.06. The monoisotopic (exact) mass is 309 g/mol. The van der Waals surface area contributed by atoms with E-state index in [1.807, 2.05) is 4.72 Å². The summed E-state index contributed by atoms with van der Waals surface area (Å²) in [6, 6.07) is 2.05. The zero-order chi connectivity index (χ0) is 14.8. The Bertz CT molecular complexity index is 568. The van der Waals surface area contributed by atoms with Gasteiger partial charge in [-0.15, -0.1) is 0 Å². The largest absolute Gasteiger partial charge is 0.480 e. The highest BCUT2D eigenvalue weighted by Crippen LogP contribution is 2.24. The molecule has 8 heteroatoms. The molecule has 0 radical (unpaired) electrons. The van der Waals surface area contributed by atoms with Gasteiger partial charge in [0.2, 0.25) is 10.0 Å². The van der Waals surface area contributed by atoms with Crippen molar-refractivity contribution in [2.45, 2.75) is 24.8 Å². The fourth-order valence-corrected chi connectivity index (χ4v) is 3.38. The predicted molar refractivity (Wildman–Crippen MR) is 68.0 cm³/mol. The maximum atomic E-state index is 13.5. The SMILES string of the molecule is CC(C)[C@@H](NS(=O)(=O)c1c(F)cccc1Cl)C(=O)O. The second-order valence-electron chi connectivity index (χ2n) is 4.23. The van der Waals surface area contributed by atoms with Gasteiger partial charge in [-0.05, 0) is 18.1 Å². The first-order valence-corrected chi connectivity index (χ1v) is 7.22. The number of benzene rings is 1. The summed E-state index contributed by atoms with van der Waals surface area (Å²) in [5, 5.41) is 8.63. The molecule has 0 heterocycles. The fraction of sp³-hybridized carbons (Fsp3) is 0.364. The molecular formula is C11H13ClFNO4S. The molecule has 0 aliphatic carbocycles. The standard InChI is InChI=1S/C11H13ClFNO4S/c1-6(2)9(11(15)16)14-19(17,18)10-7(12)4-3-5-8(10)13/h3-6,9,14H,1-2H3,(H,15,16)/t9-/m1/s1. The molecule has 0 saturated carbocycles. The third-order valence-electron chi connectivity index (χ3n) is 2.40. The van der Waals surface area contributed by atoms with Crippen molar-refractivity contribution in [3.05, 3.63) is 29.0 Å². The van der Waals surface area contributed by atoms with Crippen LogP contribution in [-0.4, -0.2) is 25.5 Å². The van der Waals surface area contributed by atoms with Crippen molar-refractivity contribution < 1.29 is 22.7 Å². The van der Waals surface area contributed by atoms with E-state index in [9.17, 15) is 17.6 Å². The van der Waals surface area contributed by atoms with Gasteiger partial charge in [0, 0.05) is 0 Å². The summed E-state index contributed by atoms with van der Waals surface area (Å²) >= 11 is 5.65. The second-order valence-corrected chi connectivity index (χ2v) is 6.29. The van der Waals surface area contributed by atoms with E-state index in [0.717, 1.165) is 6.07 Å². The van der Waals surface area contributed by atoms with Gasteiger partial charge in [-0.25, -0.2) is 12.8 Å². The van der Waals surface area contributed by atoms with Gasteiger partial charge >= 0.3 is 5.97 Å². The van der Waals surface area contributed by atoms with Gasteiger partial charge in [0.05, 0.1) is 5.02 Å². The lowest BCUT2D eigenvalue weighted by Gasteiger charge is -2.18. The molecule has 0 spiro atoms. The molecule has 2 N–H and O–H groups in total. The molecule has 0 aromatic heterocycles. The zero-order valence-corrected chi connectivity index (χ0v) is 11.8. The molecule has 19 heavy (non-hydrogen) atoms. The lowest BCUT2D eigenvalue weighted by Crippen LogP contribution is -2.44. The minimum atomic E-state index is -4.35. The summed E-state index contributed by atoms with van der Waals surface area (Å²) in [5.74, 6) is -2.88. The molecule has 0 unspecified atom stereocenters. The summed E-state index contributed by atoms with van der Waals surface area (Å²) < 4.78 is 39.5. The Morgan fingerprint density at radius 2 is 2.00 bits per heavy atom. The number of rotatable bonds is 5. The number of sulfonamides is 1. The van der Waals surface area contributed by atoms with Crippen LogP contribution >= 0.6 is 11.6 Å². The van der Waals surface area contributed by atoms with Crippen molar-refractivity contribution in [3.8, 4) is 0 Å². The molecule has 1 aromatic rings. The molecule has 0 bridgehead atoms. The van der Waals surface area contributed by atoms with E-state index < -0.39 is 38.7 Å². The molecule has 1 rings (SSSR count). The van der Waals surface area contributed by atoms with Crippen LogP contribution in [0.5, 0.6) is 0 Å². The lowest BCUT2D eigenvalue weighted by molar-refractivity contribution is -0.140. The van der Waals surface area contributed by atoms with Crippen molar-refractivity contribution in [3.63, 3.8) is 0 Å². The van der Waals surface area contributed by atoms with Gasteiger partial charge in [0.15, 0.2) is 0 Å². The second kappa shape index (κ2) is 5.85. The molecule has 1 atom stereocenters. The highest BCUT2D eigenvalue weighted by Gasteiger charge is 2.31. The van der Waals surface area contributed by atoms with Crippen LogP contribution in [0.2, 0.25) is 5.02 Å². The summed E-state index contributed by atoms with van der Waals surface area (Å²) in [7, 11) is -4.35. The van der Waals surface area contributed by atoms with E-state index >= 15 is 0 Å². The smallest absolute Gasteiger partial charge is 0.322 e. The third-order valence-corrected chi connectivity index (χ3v) is 4.35. The van der Waals surface area contributed by atoms with Gasteiger partial charge in [-0.3, -0.25) is 4.79 Å². The minimum Gasteiger partial charge on any atom is -0.480 e. The van der Waals surface area contributed by atoms with Crippen LogP contribution in [0.15, 0.2) is 23.1 Å². The average molecular weight is 310 g/mol. The molecule has 0 aliphatic heterocycles. The van der Waals surface area contributed by atoms with Crippen molar-refractivity contribution in [1.82, 2.24) is 4.72 Å². The van der Waals surface area contributed by atoms with E-state index in [0.29, 0.717) is 0 Å². The molecule has 5 nitrogen and oxygen atoms in total. The Labute approximate surface area is 115 Å². The maximum absolute atomic E-state index is 13.5. The van der Waals surface area contributed by atoms with Crippen LogP contribution in [0.25, 0.3) is 0 Å². The quantitative estimate of drug-likeness (QED) is 0.869. The first-order valence-electron chi connectivity index (χ1n) is 5.36. The Morgan fingerprint density at radius 1 is 1.42 bits per heavy atom. The Hall–Kier alpha value is -1.18. The molecule has 0 saturated heterocycles. The van der Waals surface area contributed by atoms with Gasteiger partial charge in [0.1, 0.15) is 16.8 Å². The number of aliphatic carboxylic acids is 1. The number of carboxylic acid groups (broad SMARTS) is 1. The molecule has 0 amide bonds.